The molecule has 1 fully saturated rings. The van der Waals surface area contributed by atoms with E-state index in [1.54, 1.807) is 34.9 Å². The molecule has 0 atom stereocenters. The zero-order valence-corrected chi connectivity index (χ0v) is 15.8. The van der Waals surface area contributed by atoms with E-state index in [9.17, 15) is 9.59 Å². The first-order valence-corrected chi connectivity index (χ1v) is 8.44. The number of amides is 2. The van der Waals surface area contributed by atoms with Crippen LogP contribution in [0.1, 0.15) is 37.8 Å². The maximum absolute atomic E-state index is 12.6. The second-order valence-corrected chi connectivity index (χ2v) is 6.31. The molecule has 6 nitrogen and oxygen atoms in total. The highest BCUT2D eigenvalue weighted by Crippen LogP contribution is 2.18. The van der Waals surface area contributed by atoms with Gasteiger partial charge in [-0.05, 0) is 37.6 Å². The lowest BCUT2D eigenvalue weighted by molar-refractivity contribution is 0.0534. The summed E-state index contributed by atoms with van der Waals surface area (Å²) in [7, 11) is 0. The highest BCUT2D eigenvalue weighted by molar-refractivity contribution is 5.96. The van der Waals surface area contributed by atoms with Crippen LogP contribution in [0.4, 0.5) is 0 Å². The van der Waals surface area contributed by atoms with E-state index < -0.39 is 0 Å². The summed E-state index contributed by atoms with van der Waals surface area (Å²) in [4.78, 5) is 28.7. The molecule has 1 saturated heterocycles. The van der Waals surface area contributed by atoms with E-state index in [-0.39, 0.29) is 24.2 Å². The van der Waals surface area contributed by atoms with Crippen molar-refractivity contribution >= 4 is 24.2 Å². The molecule has 0 radical (unpaired) electrons. The number of benzene rings is 1. The average Bonchev–Trinajstić information content (AvgIpc) is 2.99. The minimum atomic E-state index is -0.0336. The van der Waals surface area contributed by atoms with E-state index in [1.165, 1.54) is 0 Å². The number of hydrogen-bond donors (Lipinski definition) is 1. The van der Waals surface area contributed by atoms with Gasteiger partial charge in [-0.15, -0.1) is 12.4 Å². The zero-order chi connectivity index (χ0) is 18.0. The number of hydrogen-bond acceptors (Lipinski definition) is 4. The Balaban J connectivity index is 0.00000243. The summed E-state index contributed by atoms with van der Waals surface area (Å²) in [5, 5.41) is 0. The fourth-order valence-electron chi connectivity index (χ4n) is 3.09. The second-order valence-electron chi connectivity index (χ2n) is 6.31. The first-order valence-electron chi connectivity index (χ1n) is 8.44. The third-order valence-electron chi connectivity index (χ3n) is 4.56. The van der Waals surface area contributed by atoms with Gasteiger partial charge in [-0.1, -0.05) is 12.1 Å². The zero-order valence-electron chi connectivity index (χ0n) is 15.0. The normalized spacial score (nSPS) is 14.1. The summed E-state index contributed by atoms with van der Waals surface area (Å²) in [5.74, 6) is 1.33. The number of piperazine rings is 1. The third kappa shape index (κ3) is 4.08. The van der Waals surface area contributed by atoms with Crippen LogP contribution in [0.5, 0.6) is 0 Å². The minimum absolute atomic E-state index is 0. The Kier molecular flexibility index (Phi) is 6.45. The Morgan fingerprint density at radius 2 is 1.54 bits per heavy atom. The minimum Gasteiger partial charge on any atom is -0.466 e. The van der Waals surface area contributed by atoms with Gasteiger partial charge in [0.15, 0.2) is 0 Å². The topological polar surface area (TPSA) is 79.8 Å². The van der Waals surface area contributed by atoms with Crippen molar-refractivity contribution in [3.63, 3.8) is 0 Å². The van der Waals surface area contributed by atoms with Crippen molar-refractivity contribution < 1.29 is 14.0 Å². The second kappa shape index (κ2) is 8.38. The largest absolute Gasteiger partial charge is 0.466 e. The van der Waals surface area contributed by atoms with Gasteiger partial charge in [-0.25, -0.2) is 0 Å². The molecule has 3 rings (SSSR count). The van der Waals surface area contributed by atoms with Gasteiger partial charge in [-0.2, -0.15) is 0 Å². The van der Waals surface area contributed by atoms with Crippen LogP contribution in [0, 0.1) is 13.8 Å². The molecule has 1 aliphatic rings. The van der Waals surface area contributed by atoms with E-state index in [2.05, 4.69) is 0 Å². The van der Waals surface area contributed by atoms with Crippen LogP contribution < -0.4 is 5.73 Å². The standard InChI is InChI=1S/C19H23N3O3.ClH/c1-13-11-17(14(2)25-13)19(24)22-9-7-21(8-10-22)18(23)16-5-3-15(12-20)4-6-16;/h3-6,11H,7-10,12,20H2,1-2H3;1H. The fourth-order valence-corrected chi connectivity index (χ4v) is 3.09. The van der Waals surface area contributed by atoms with E-state index in [1.807, 2.05) is 19.1 Å². The molecular formula is C19H24ClN3O3. The molecule has 2 aromatic rings. The van der Waals surface area contributed by atoms with Crippen molar-refractivity contribution in [2.75, 3.05) is 26.2 Å². The van der Waals surface area contributed by atoms with Gasteiger partial charge >= 0.3 is 0 Å². The third-order valence-corrected chi connectivity index (χ3v) is 4.56. The van der Waals surface area contributed by atoms with Gasteiger partial charge in [-0.3, -0.25) is 9.59 Å². The van der Waals surface area contributed by atoms with Crippen molar-refractivity contribution in [2.45, 2.75) is 20.4 Å². The lowest BCUT2D eigenvalue weighted by atomic mass is 10.1. The monoisotopic (exact) mass is 377 g/mol. The van der Waals surface area contributed by atoms with Crippen molar-refractivity contribution in [3.8, 4) is 0 Å². The van der Waals surface area contributed by atoms with Gasteiger partial charge in [0.05, 0.1) is 5.56 Å². The molecule has 1 aromatic heterocycles. The summed E-state index contributed by atoms with van der Waals surface area (Å²) in [6.45, 7) is 6.19. The highest BCUT2D eigenvalue weighted by atomic mass is 35.5. The molecule has 0 unspecified atom stereocenters. The number of carbonyl (C=O) groups excluding carboxylic acids is 2. The van der Waals surface area contributed by atoms with Crippen LogP contribution in [0.25, 0.3) is 0 Å². The smallest absolute Gasteiger partial charge is 0.257 e. The van der Waals surface area contributed by atoms with Gasteiger partial charge < -0.3 is 20.0 Å². The predicted octanol–water partition coefficient (Wildman–Crippen LogP) is 2.38. The number of rotatable bonds is 3. The number of carbonyl (C=O) groups is 2. The molecule has 1 aromatic carbocycles. The van der Waals surface area contributed by atoms with Crippen LogP contribution in [0.3, 0.4) is 0 Å². The molecule has 2 heterocycles. The fraction of sp³-hybridized carbons (Fsp3) is 0.368. The van der Waals surface area contributed by atoms with E-state index >= 15 is 0 Å². The van der Waals surface area contributed by atoms with Gasteiger partial charge in [0, 0.05) is 38.3 Å². The first kappa shape index (κ1) is 20.0. The van der Waals surface area contributed by atoms with E-state index in [0.717, 1.165) is 11.3 Å². The van der Waals surface area contributed by atoms with Gasteiger partial charge in [0.1, 0.15) is 11.5 Å². The molecule has 0 spiro atoms. The van der Waals surface area contributed by atoms with Crippen LogP contribution >= 0.6 is 12.4 Å². The lowest BCUT2D eigenvalue weighted by Crippen LogP contribution is -2.50. The number of furan rings is 1. The maximum atomic E-state index is 12.6. The molecule has 140 valence electrons. The number of nitrogens with two attached hydrogens (primary N) is 1. The molecule has 2 N–H and O–H groups in total. The van der Waals surface area contributed by atoms with Crippen molar-refractivity contribution in [3.05, 3.63) is 58.5 Å². The maximum Gasteiger partial charge on any atom is 0.257 e. The Bertz CT molecular complexity index is 778. The summed E-state index contributed by atoms with van der Waals surface area (Å²) < 4.78 is 5.44. The first-order chi connectivity index (χ1) is 12.0. The van der Waals surface area contributed by atoms with Gasteiger partial charge in [0.25, 0.3) is 11.8 Å². The highest BCUT2D eigenvalue weighted by Gasteiger charge is 2.27. The van der Waals surface area contributed by atoms with E-state index in [0.29, 0.717) is 49.6 Å². The Hall–Kier alpha value is -2.31. The summed E-state index contributed by atoms with van der Waals surface area (Å²) in [6.07, 6.45) is 0. The van der Waals surface area contributed by atoms with Crippen molar-refractivity contribution in [1.29, 1.82) is 0 Å². The summed E-state index contributed by atoms with van der Waals surface area (Å²) in [5.41, 5.74) is 7.84. The average molecular weight is 378 g/mol. The van der Waals surface area contributed by atoms with E-state index in [4.69, 9.17) is 10.2 Å². The van der Waals surface area contributed by atoms with Crippen molar-refractivity contribution in [1.82, 2.24) is 9.80 Å². The quantitative estimate of drug-likeness (QED) is 0.890. The summed E-state index contributed by atoms with van der Waals surface area (Å²) in [6, 6.07) is 9.13. The number of nitrogens with zero attached hydrogens (tertiary/aromatic N) is 2. The molecule has 7 heteroatoms. The Morgan fingerprint density at radius 1 is 1.00 bits per heavy atom. The molecule has 26 heavy (non-hydrogen) atoms. The van der Waals surface area contributed by atoms with Crippen molar-refractivity contribution in [2.24, 2.45) is 5.73 Å². The van der Waals surface area contributed by atoms with Gasteiger partial charge in [0.2, 0.25) is 0 Å². The molecule has 1 aliphatic heterocycles. The molecular weight excluding hydrogens is 354 g/mol. The Labute approximate surface area is 159 Å². The van der Waals surface area contributed by atoms with Crippen LogP contribution in [-0.4, -0.2) is 47.8 Å². The number of aryl methyl sites for hydroxylation is 2. The SMILES string of the molecule is Cc1cc(C(=O)N2CCN(C(=O)c3ccc(CN)cc3)CC2)c(C)o1.Cl. The number of halogens is 1. The summed E-state index contributed by atoms with van der Waals surface area (Å²) >= 11 is 0. The Morgan fingerprint density at radius 3 is 2.00 bits per heavy atom. The lowest BCUT2D eigenvalue weighted by Gasteiger charge is -2.34. The van der Waals surface area contributed by atoms with Crippen LogP contribution in [-0.2, 0) is 6.54 Å². The van der Waals surface area contributed by atoms with Crippen LogP contribution in [0.2, 0.25) is 0 Å². The predicted molar refractivity (Wildman–Crippen MR) is 102 cm³/mol. The molecule has 0 saturated carbocycles. The molecule has 2 amide bonds. The molecule has 0 aliphatic carbocycles. The molecule has 0 bridgehead atoms. The van der Waals surface area contributed by atoms with Crippen LogP contribution in [0.15, 0.2) is 34.7 Å².